The average Bonchev–Trinajstić information content (AvgIpc) is 2.43. The van der Waals surface area contributed by atoms with E-state index in [4.69, 9.17) is 4.74 Å². The van der Waals surface area contributed by atoms with Gasteiger partial charge in [-0.25, -0.2) is 9.78 Å². The number of nitrogens with one attached hydrogen (secondary N) is 1. The Morgan fingerprint density at radius 1 is 1.42 bits per heavy atom. The highest BCUT2D eigenvalue weighted by Gasteiger charge is 2.26. The molecule has 0 radical (unpaired) electrons. The third-order valence-electron chi connectivity index (χ3n) is 2.62. The molecule has 1 N–H and O–H groups in total. The number of rotatable bonds is 5. The summed E-state index contributed by atoms with van der Waals surface area (Å²) in [7, 11) is 1.31. The standard InChI is InChI=1S/C13H18N2O3S/c1-8(2)10(13(17)18-3)15-11(16)9-6-5-7-14-12(9)19-4/h5-8,10H,1-4H3,(H,15,16). The Kier molecular flexibility index (Phi) is 5.82. The van der Waals surface area contributed by atoms with Crippen LogP contribution in [0.15, 0.2) is 23.4 Å². The van der Waals surface area contributed by atoms with Crippen molar-refractivity contribution in [2.75, 3.05) is 13.4 Å². The zero-order valence-electron chi connectivity index (χ0n) is 11.5. The van der Waals surface area contributed by atoms with E-state index in [2.05, 4.69) is 10.3 Å². The largest absolute Gasteiger partial charge is 0.467 e. The minimum atomic E-state index is -0.660. The summed E-state index contributed by atoms with van der Waals surface area (Å²) < 4.78 is 4.69. The monoisotopic (exact) mass is 282 g/mol. The van der Waals surface area contributed by atoms with Crippen LogP contribution in [-0.4, -0.2) is 36.3 Å². The van der Waals surface area contributed by atoms with Crippen molar-refractivity contribution in [1.82, 2.24) is 10.3 Å². The number of amides is 1. The summed E-state index contributed by atoms with van der Waals surface area (Å²) in [5, 5.41) is 3.32. The fourth-order valence-corrected chi connectivity index (χ4v) is 2.12. The quantitative estimate of drug-likeness (QED) is 0.658. The second-order valence-corrected chi connectivity index (χ2v) is 5.07. The van der Waals surface area contributed by atoms with E-state index in [1.165, 1.54) is 18.9 Å². The number of methoxy groups -OCH3 is 1. The molecule has 1 amide bonds. The summed E-state index contributed by atoms with van der Waals surface area (Å²) in [6.07, 6.45) is 3.47. The minimum Gasteiger partial charge on any atom is -0.467 e. The molecule has 1 aromatic rings. The Morgan fingerprint density at radius 3 is 2.63 bits per heavy atom. The summed E-state index contributed by atoms with van der Waals surface area (Å²) in [5.74, 6) is -0.815. The molecule has 19 heavy (non-hydrogen) atoms. The van der Waals surface area contributed by atoms with Gasteiger partial charge in [0.1, 0.15) is 11.1 Å². The molecule has 1 rings (SSSR count). The summed E-state index contributed by atoms with van der Waals surface area (Å²) in [4.78, 5) is 27.9. The first-order chi connectivity index (χ1) is 9.01. The minimum absolute atomic E-state index is 0.0502. The van der Waals surface area contributed by atoms with Crippen LogP contribution in [0.5, 0.6) is 0 Å². The number of ether oxygens (including phenoxy) is 1. The lowest BCUT2D eigenvalue weighted by Gasteiger charge is -2.20. The van der Waals surface area contributed by atoms with Gasteiger partial charge in [0, 0.05) is 6.20 Å². The first kappa shape index (κ1) is 15.5. The molecule has 1 aromatic heterocycles. The molecule has 0 aliphatic carbocycles. The number of carbonyl (C=O) groups excluding carboxylic acids is 2. The van der Waals surface area contributed by atoms with E-state index >= 15 is 0 Å². The number of hydrogen-bond donors (Lipinski definition) is 1. The molecule has 0 bridgehead atoms. The van der Waals surface area contributed by atoms with Crippen molar-refractivity contribution in [3.63, 3.8) is 0 Å². The molecule has 0 spiro atoms. The zero-order chi connectivity index (χ0) is 14.4. The Labute approximate surface area is 117 Å². The van der Waals surface area contributed by atoms with Crippen molar-refractivity contribution in [3.8, 4) is 0 Å². The Balaban J connectivity index is 2.91. The van der Waals surface area contributed by atoms with Crippen molar-refractivity contribution >= 4 is 23.6 Å². The SMILES string of the molecule is COC(=O)C(NC(=O)c1cccnc1SC)C(C)C. The molecule has 0 fully saturated rings. The third-order valence-corrected chi connectivity index (χ3v) is 3.33. The zero-order valence-corrected chi connectivity index (χ0v) is 12.3. The molecule has 1 unspecified atom stereocenters. The number of nitrogens with zero attached hydrogens (tertiary/aromatic N) is 1. The van der Waals surface area contributed by atoms with Crippen LogP contribution >= 0.6 is 11.8 Å². The molecule has 1 heterocycles. The van der Waals surface area contributed by atoms with Gasteiger partial charge in [0.15, 0.2) is 0 Å². The van der Waals surface area contributed by atoms with Gasteiger partial charge in [-0.05, 0) is 24.3 Å². The maximum Gasteiger partial charge on any atom is 0.328 e. The summed E-state index contributed by atoms with van der Waals surface area (Å²) >= 11 is 1.39. The molecule has 0 aliphatic rings. The number of hydrogen-bond acceptors (Lipinski definition) is 5. The average molecular weight is 282 g/mol. The lowest BCUT2D eigenvalue weighted by atomic mass is 10.0. The molecular weight excluding hydrogens is 264 g/mol. The Morgan fingerprint density at radius 2 is 2.11 bits per heavy atom. The van der Waals surface area contributed by atoms with E-state index in [9.17, 15) is 9.59 Å². The normalized spacial score (nSPS) is 12.1. The van der Waals surface area contributed by atoms with Crippen LogP contribution in [-0.2, 0) is 9.53 Å². The van der Waals surface area contributed by atoms with E-state index < -0.39 is 12.0 Å². The van der Waals surface area contributed by atoms with Crippen LogP contribution < -0.4 is 5.32 Å². The van der Waals surface area contributed by atoms with Crippen LogP contribution in [0.3, 0.4) is 0 Å². The van der Waals surface area contributed by atoms with E-state index in [0.717, 1.165) is 0 Å². The predicted octanol–water partition coefficient (Wildman–Crippen LogP) is 1.73. The number of pyridine rings is 1. The van der Waals surface area contributed by atoms with Gasteiger partial charge in [-0.15, -0.1) is 11.8 Å². The molecule has 0 aliphatic heterocycles. The number of esters is 1. The van der Waals surface area contributed by atoms with E-state index in [1.54, 1.807) is 18.3 Å². The fourth-order valence-electron chi connectivity index (χ4n) is 1.57. The molecule has 104 valence electrons. The second kappa shape index (κ2) is 7.13. The third kappa shape index (κ3) is 3.96. The Bertz CT molecular complexity index is 463. The van der Waals surface area contributed by atoms with Crippen molar-refractivity contribution in [2.24, 2.45) is 5.92 Å². The highest BCUT2D eigenvalue weighted by Crippen LogP contribution is 2.17. The molecule has 1 atom stereocenters. The predicted molar refractivity (Wildman–Crippen MR) is 74.1 cm³/mol. The van der Waals surface area contributed by atoms with Gasteiger partial charge in [-0.3, -0.25) is 4.79 Å². The van der Waals surface area contributed by atoms with Crippen molar-refractivity contribution in [1.29, 1.82) is 0 Å². The summed E-state index contributed by atoms with van der Waals surface area (Å²) in [6, 6.07) is 2.72. The smallest absolute Gasteiger partial charge is 0.328 e. The van der Waals surface area contributed by atoms with Crippen LogP contribution in [0, 0.1) is 5.92 Å². The number of aromatic nitrogens is 1. The number of carbonyl (C=O) groups is 2. The summed E-state index contributed by atoms with van der Waals surface area (Å²) in [5.41, 5.74) is 0.463. The molecule has 0 saturated heterocycles. The van der Waals surface area contributed by atoms with Crippen molar-refractivity contribution in [2.45, 2.75) is 24.9 Å². The van der Waals surface area contributed by atoms with Crippen molar-refractivity contribution in [3.05, 3.63) is 23.9 Å². The lowest BCUT2D eigenvalue weighted by Crippen LogP contribution is -2.45. The van der Waals surface area contributed by atoms with Crippen molar-refractivity contribution < 1.29 is 14.3 Å². The van der Waals surface area contributed by atoms with Gasteiger partial charge >= 0.3 is 5.97 Å². The van der Waals surface area contributed by atoms with Gasteiger partial charge in [-0.2, -0.15) is 0 Å². The van der Waals surface area contributed by atoms with Gasteiger partial charge in [0.05, 0.1) is 12.7 Å². The maximum atomic E-state index is 12.2. The number of thioether (sulfide) groups is 1. The van der Waals surface area contributed by atoms with Crippen LogP contribution in [0.1, 0.15) is 24.2 Å². The van der Waals surface area contributed by atoms with Gasteiger partial charge in [-0.1, -0.05) is 13.8 Å². The van der Waals surface area contributed by atoms with E-state index in [-0.39, 0.29) is 11.8 Å². The topological polar surface area (TPSA) is 68.3 Å². The maximum absolute atomic E-state index is 12.2. The van der Waals surface area contributed by atoms with Gasteiger partial charge < -0.3 is 10.1 Å². The lowest BCUT2D eigenvalue weighted by molar-refractivity contribution is -0.144. The molecule has 0 saturated carbocycles. The first-order valence-electron chi connectivity index (χ1n) is 5.89. The highest BCUT2D eigenvalue weighted by molar-refractivity contribution is 7.98. The highest BCUT2D eigenvalue weighted by atomic mass is 32.2. The molecule has 5 nitrogen and oxygen atoms in total. The van der Waals surface area contributed by atoms with Crippen LogP contribution in [0.2, 0.25) is 0 Å². The molecule has 0 aromatic carbocycles. The van der Waals surface area contributed by atoms with Crippen LogP contribution in [0.25, 0.3) is 0 Å². The fraction of sp³-hybridized carbons (Fsp3) is 0.462. The molecular formula is C13H18N2O3S. The first-order valence-corrected chi connectivity index (χ1v) is 7.11. The van der Waals surface area contributed by atoms with Gasteiger partial charge in [0.25, 0.3) is 5.91 Å². The molecule has 6 heteroatoms. The second-order valence-electron chi connectivity index (χ2n) is 4.28. The Hall–Kier alpha value is -1.56. The van der Waals surface area contributed by atoms with E-state index in [0.29, 0.717) is 10.6 Å². The van der Waals surface area contributed by atoms with E-state index in [1.807, 2.05) is 20.1 Å². The van der Waals surface area contributed by atoms with Crippen LogP contribution in [0.4, 0.5) is 0 Å². The van der Waals surface area contributed by atoms with Gasteiger partial charge in [0.2, 0.25) is 0 Å². The summed E-state index contributed by atoms with van der Waals surface area (Å²) in [6.45, 7) is 3.70.